The zero-order chi connectivity index (χ0) is 13.7. The van der Waals surface area contributed by atoms with Gasteiger partial charge in [0.15, 0.2) is 5.82 Å². The standard InChI is InChI=1S/C11H16N6O2/c1-4-5-12-9-8(18-3)10(14-6-13-9)19-11-15-7-17(2)16-11/h6-7H,4-5H2,1-3H3,(H,12,13,14). The first-order valence-corrected chi connectivity index (χ1v) is 5.91. The molecule has 2 rings (SSSR count). The van der Waals surface area contributed by atoms with Gasteiger partial charge in [-0.2, -0.15) is 9.97 Å². The summed E-state index contributed by atoms with van der Waals surface area (Å²) >= 11 is 0. The molecule has 2 aromatic heterocycles. The van der Waals surface area contributed by atoms with Crippen molar-refractivity contribution in [3.8, 4) is 17.6 Å². The molecule has 2 aromatic rings. The molecule has 0 aliphatic carbocycles. The third-order valence-electron chi connectivity index (χ3n) is 2.28. The number of hydrogen-bond donors (Lipinski definition) is 1. The predicted octanol–water partition coefficient (Wildman–Crippen LogP) is 1.23. The van der Waals surface area contributed by atoms with Crippen molar-refractivity contribution in [2.45, 2.75) is 13.3 Å². The van der Waals surface area contributed by atoms with E-state index in [1.54, 1.807) is 18.1 Å². The van der Waals surface area contributed by atoms with E-state index in [2.05, 4.69) is 32.3 Å². The summed E-state index contributed by atoms with van der Waals surface area (Å²) in [7, 11) is 3.29. The van der Waals surface area contributed by atoms with Crippen molar-refractivity contribution in [2.24, 2.45) is 7.05 Å². The van der Waals surface area contributed by atoms with Crippen molar-refractivity contribution in [3.05, 3.63) is 12.7 Å². The average Bonchev–Trinajstić information content (AvgIpc) is 2.82. The van der Waals surface area contributed by atoms with Crippen LogP contribution in [0.4, 0.5) is 5.82 Å². The fourth-order valence-corrected chi connectivity index (χ4v) is 1.44. The predicted molar refractivity (Wildman–Crippen MR) is 68.4 cm³/mol. The number of hydrogen-bond acceptors (Lipinski definition) is 7. The Kier molecular flexibility index (Phi) is 4.11. The van der Waals surface area contributed by atoms with Gasteiger partial charge in [0.25, 0.3) is 5.88 Å². The van der Waals surface area contributed by atoms with Gasteiger partial charge in [0.05, 0.1) is 7.11 Å². The Bertz CT molecular complexity index is 542. The lowest BCUT2D eigenvalue weighted by atomic mass is 10.4. The lowest BCUT2D eigenvalue weighted by Crippen LogP contribution is -2.06. The lowest BCUT2D eigenvalue weighted by Gasteiger charge is -2.11. The fraction of sp³-hybridized carbons (Fsp3) is 0.455. The summed E-state index contributed by atoms with van der Waals surface area (Å²) < 4.78 is 12.3. The van der Waals surface area contributed by atoms with Gasteiger partial charge in [0.2, 0.25) is 5.75 Å². The van der Waals surface area contributed by atoms with Crippen LogP contribution in [0.5, 0.6) is 17.6 Å². The summed E-state index contributed by atoms with van der Waals surface area (Å²) in [5.74, 6) is 1.30. The summed E-state index contributed by atoms with van der Waals surface area (Å²) in [6.07, 6.45) is 3.92. The molecule has 1 N–H and O–H groups in total. The van der Waals surface area contributed by atoms with E-state index < -0.39 is 0 Å². The number of rotatable bonds is 6. The second kappa shape index (κ2) is 5.98. The number of ether oxygens (including phenoxy) is 2. The van der Waals surface area contributed by atoms with Crippen LogP contribution in [0.25, 0.3) is 0 Å². The molecule has 0 spiro atoms. The largest absolute Gasteiger partial charge is 0.489 e. The quantitative estimate of drug-likeness (QED) is 0.839. The highest BCUT2D eigenvalue weighted by Gasteiger charge is 2.15. The minimum absolute atomic E-state index is 0.209. The summed E-state index contributed by atoms with van der Waals surface area (Å²) in [6.45, 7) is 2.85. The number of nitrogens with zero attached hydrogens (tertiary/aromatic N) is 5. The molecule has 0 fully saturated rings. The van der Waals surface area contributed by atoms with Crippen LogP contribution < -0.4 is 14.8 Å². The third kappa shape index (κ3) is 3.09. The molecule has 8 heteroatoms. The number of anilines is 1. The lowest BCUT2D eigenvalue weighted by molar-refractivity contribution is 0.356. The first-order valence-electron chi connectivity index (χ1n) is 5.91. The van der Waals surface area contributed by atoms with E-state index in [9.17, 15) is 0 Å². The van der Waals surface area contributed by atoms with E-state index in [1.807, 2.05) is 0 Å². The van der Waals surface area contributed by atoms with Gasteiger partial charge >= 0.3 is 6.01 Å². The topological polar surface area (TPSA) is 87.0 Å². The van der Waals surface area contributed by atoms with Gasteiger partial charge < -0.3 is 14.8 Å². The molecule has 0 amide bonds. The van der Waals surface area contributed by atoms with E-state index in [4.69, 9.17) is 9.47 Å². The van der Waals surface area contributed by atoms with Gasteiger partial charge in [-0.05, 0) is 6.42 Å². The molecule has 0 bridgehead atoms. The van der Waals surface area contributed by atoms with Crippen LogP contribution in [0.1, 0.15) is 13.3 Å². The Morgan fingerprint density at radius 1 is 1.32 bits per heavy atom. The van der Waals surface area contributed by atoms with E-state index >= 15 is 0 Å². The van der Waals surface area contributed by atoms with Crippen LogP contribution in [0.2, 0.25) is 0 Å². The Hall–Kier alpha value is -2.38. The highest BCUT2D eigenvalue weighted by molar-refractivity contribution is 5.55. The number of nitrogens with one attached hydrogen (secondary N) is 1. The summed E-state index contributed by atoms with van der Waals surface area (Å²) in [5.41, 5.74) is 0. The normalized spacial score (nSPS) is 10.3. The van der Waals surface area contributed by atoms with Crippen molar-refractivity contribution in [2.75, 3.05) is 19.0 Å². The summed E-state index contributed by atoms with van der Waals surface area (Å²) in [6, 6.07) is 0.209. The minimum atomic E-state index is 0.209. The summed E-state index contributed by atoms with van der Waals surface area (Å²) in [5, 5.41) is 7.16. The third-order valence-corrected chi connectivity index (χ3v) is 2.28. The van der Waals surface area contributed by atoms with Crippen LogP contribution in [0, 0.1) is 0 Å². The molecule has 0 radical (unpaired) electrons. The molecule has 0 aliphatic heterocycles. The second-order valence-corrected chi connectivity index (χ2v) is 3.79. The second-order valence-electron chi connectivity index (χ2n) is 3.79. The molecule has 0 aromatic carbocycles. The van der Waals surface area contributed by atoms with Crippen LogP contribution in [0.3, 0.4) is 0 Å². The molecule has 0 unspecified atom stereocenters. The Morgan fingerprint density at radius 3 is 2.79 bits per heavy atom. The molecule has 0 saturated heterocycles. The van der Waals surface area contributed by atoms with Crippen molar-refractivity contribution < 1.29 is 9.47 Å². The van der Waals surface area contributed by atoms with Crippen LogP contribution >= 0.6 is 0 Å². The van der Waals surface area contributed by atoms with Gasteiger partial charge in [-0.3, -0.25) is 4.68 Å². The Morgan fingerprint density at radius 2 is 2.16 bits per heavy atom. The van der Waals surface area contributed by atoms with Crippen LogP contribution in [-0.2, 0) is 7.05 Å². The van der Waals surface area contributed by atoms with Gasteiger partial charge in [-0.1, -0.05) is 6.92 Å². The molecular weight excluding hydrogens is 248 g/mol. The average molecular weight is 264 g/mol. The van der Waals surface area contributed by atoms with E-state index in [1.165, 1.54) is 13.4 Å². The maximum atomic E-state index is 5.48. The monoisotopic (exact) mass is 264 g/mol. The van der Waals surface area contributed by atoms with Crippen LogP contribution in [0.15, 0.2) is 12.7 Å². The molecule has 19 heavy (non-hydrogen) atoms. The first kappa shape index (κ1) is 13.1. The molecule has 8 nitrogen and oxygen atoms in total. The Balaban J connectivity index is 2.24. The number of methoxy groups -OCH3 is 1. The van der Waals surface area contributed by atoms with E-state index in [-0.39, 0.29) is 11.9 Å². The SMILES string of the molecule is CCCNc1ncnc(Oc2ncn(C)n2)c1OC. The van der Waals surface area contributed by atoms with Gasteiger partial charge in [-0.15, -0.1) is 5.10 Å². The van der Waals surface area contributed by atoms with Gasteiger partial charge in [-0.25, -0.2) is 4.98 Å². The van der Waals surface area contributed by atoms with Crippen molar-refractivity contribution in [1.29, 1.82) is 0 Å². The maximum absolute atomic E-state index is 5.48. The molecule has 0 atom stereocenters. The molecule has 0 saturated carbocycles. The van der Waals surface area contributed by atoms with Crippen molar-refractivity contribution in [3.63, 3.8) is 0 Å². The van der Waals surface area contributed by atoms with Crippen LogP contribution in [-0.4, -0.2) is 38.4 Å². The number of aryl methyl sites for hydroxylation is 1. The highest BCUT2D eigenvalue weighted by atomic mass is 16.5. The molecule has 102 valence electrons. The van der Waals surface area contributed by atoms with Crippen molar-refractivity contribution >= 4 is 5.82 Å². The van der Waals surface area contributed by atoms with Gasteiger partial charge in [0, 0.05) is 13.6 Å². The fourth-order valence-electron chi connectivity index (χ4n) is 1.44. The Labute approximate surface area is 110 Å². The van der Waals surface area contributed by atoms with E-state index in [0.29, 0.717) is 11.6 Å². The molecular formula is C11H16N6O2. The molecule has 0 aliphatic rings. The maximum Gasteiger partial charge on any atom is 0.342 e. The summed E-state index contributed by atoms with van der Waals surface area (Å²) in [4.78, 5) is 12.1. The number of aromatic nitrogens is 5. The zero-order valence-electron chi connectivity index (χ0n) is 11.1. The van der Waals surface area contributed by atoms with Crippen molar-refractivity contribution in [1.82, 2.24) is 24.7 Å². The van der Waals surface area contributed by atoms with Gasteiger partial charge in [0.1, 0.15) is 12.7 Å². The first-order chi connectivity index (χ1) is 9.24. The van der Waals surface area contributed by atoms with E-state index in [0.717, 1.165) is 13.0 Å². The molecule has 2 heterocycles. The zero-order valence-corrected chi connectivity index (χ0v) is 11.1. The minimum Gasteiger partial charge on any atom is -0.489 e. The smallest absolute Gasteiger partial charge is 0.342 e. The highest BCUT2D eigenvalue weighted by Crippen LogP contribution is 2.32.